The fraction of sp³-hybridized carbons (Fsp3) is 0.333. The molecule has 22 heavy (non-hydrogen) atoms. The van der Waals surface area contributed by atoms with Crippen LogP contribution in [-0.4, -0.2) is 26.1 Å². The molecule has 8 nitrogen and oxygen atoms in total. The number of H-pyrrole nitrogens is 2. The molecule has 0 saturated carbocycles. The summed E-state index contributed by atoms with van der Waals surface area (Å²) < 4.78 is 31.0. The normalized spacial score (nSPS) is 16.9. The highest BCUT2D eigenvalue weighted by molar-refractivity contribution is 4.88. The average molecular weight is 314 g/mol. The first-order valence-electron chi connectivity index (χ1n) is 6.30. The SMILES string of the molecule is O=c1[nH]c(=O)n(C2CCCO2)cc1F.O=c1ncc(F)c[nH]1. The lowest BCUT2D eigenvalue weighted by atomic mass is 10.3. The zero-order valence-corrected chi connectivity index (χ0v) is 11.2. The van der Waals surface area contributed by atoms with Crippen molar-refractivity contribution in [3.05, 3.63) is 61.5 Å². The quantitative estimate of drug-likeness (QED) is 0.763. The lowest BCUT2D eigenvalue weighted by Gasteiger charge is -2.11. The highest BCUT2D eigenvalue weighted by Gasteiger charge is 2.19. The first-order valence-corrected chi connectivity index (χ1v) is 6.30. The number of rotatable bonds is 1. The molecule has 1 fully saturated rings. The maximum absolute atomic E-state index is 12.9. The van der Waals surface area contributed by atoms with E-state index in [0.717, 1.165) is 29.6 Å². The molecule has 0 aliphatic carbocycles. The van der Waals surface area contributed by atoms with Gasteiger partial charge in [0.25, 0.3) is 5.56 Å². The number of nitrogens with one attached hydrogen (secondary N) is 2. The Morgan fingerprint density at radius 3 is 2.64 bits per heavy atom. The molecule has 0 bridgehead atoms. The topological polar surface area (TPSA) is 110 Å². The summed E-state index contributed by atoms with van der Waals surface area (Å²) >= 11 is 0. The highest BCUT2D eigenvalue weighted by atomic mass is 19.1. The van der Waals surface area contributed by atoms with Gasteiger partial charge in [-0.1, -0.05) is 0 Å². The molecular formula is C12H12F2N4O4. The fourth-order valence-electron chi connectivity index (χ4n) is 1.78. The van der Waals surface area contributed by atoms with Gasteiger partial charge in [0.05, 0.1) is 12.4 Å². The van der Waals surface area contributed by atoms with Gasteiger partial charge in [-0.3, -0.25) is 14.3 Å². The van der Waals surface area contributed by atoms with Gasteiger partial charge in [-0.15, -0.1) is 0 Å². The second kappa shape index (κ2) is 6.89. The van der Waals surface area contributed by atoms with Gasteiger partial charge in [0, 0.05) is 12.8 Å². The molecule has 10 heteroatoms. The predicted octanol–water partition coefficient (Wildman–Crippen LogP) is -0.106. The van der Waals surface area contributed by atoms with E-state index in [-0.39, 0.29) is 0 Å². The molecule has 2 aromatic rings. The van der Waals surface area contributed by atoms with Gasteiger partial charge in [0.1, 0.15) is 6.23 Å². The number of ether oxygens (including phenoxy) is 1. The van der Waals surface area contributed by atoms with E-state index in [2.05, 4.69) is 9.97 Å². The third kappa shape index (κ3) is 3.95. The second-order valence-corrected chi connectivity index (χ2v) is 4.35. The van der Waals surface area contributed by atoms with Crippen molar-refractivity contribution < 1.29 is 13.5 Å². The Bertz CT molecular complexity index is 787. The standard InChI is InChI=1S/C8H9FN2O3.C4H3FN2O/c9-5-4-11(6-2-1-3-14-6)8(13)10-7(5)12;5-3-1-6-4(8)7-2-3/h4,6H,1-3H2,(H,10,12,13);1-2H,(H,6,7,8). The van der Waals surface area contributed by atoms with Crippen LogP contribution in [0.5, 0.6) is 0 Å². The van der Waals surface area contributed by atoms with Crippen molar-refractivity contribution in [3.63, 3.8) is 0 Å². The van der Waals surface area contributed by atoms with Gasteiger partial charge < -0.3 is 9.72 Å². The molecular weight excluding hydrogens is 302 g/mol. The van der Waals surface area contributed by atoms with Crippen molar-refractivity contribution in [3.8, 4) is 0 Å². The van der Waals surface area contributed by atoms with Crippen molar-refractivity contribution in [1.82, 2.24) is 19.5 Å². The number of hydrogen-bond donors (Lipinski definition) is 2. The van der Waals surface area contributed by atoms with E-state index in [1.807, 2.05) is 4.98 Å². The fourth-order valence-corrected chi connectivity index (χ4v) is 1.78. The molecule has 0 spiro atoms. The van der Waals surface area contributed by atoms with Crippen LogP contribution >= 0.6 is 0 Å². The van der Waals surface area contributed by atoms with Gasteiger partial charge in [-0.25, -0.2) is 14.0 Å². The molecule has 3 heterocycles. The van der Waals surface area contributed by atoms with E-state index >= 15 is 0 Å². The van der Waals surface area contributed by atoms with Crippen LogP contribution in [-0.2, 0) is 4.74 Å². The van der Waals surface area contributed by atoms with Crippen LogP contribution in [0, 0.1) is 11.6 Å². The molecule has 1 saturated heterocycles. The average Bonchev–Trinajstić information content (AvgIpc) is 3.01. The summed E-state index contributed by atoms with van der Waals surface area (Å²) in [6, 6.07) is 0. The van der Waals surface area contributed by atoms with Crippen molar-refractivity contribution in [1.29, 1.82) is 0 Å². The molecule has 3 rings (SSSR count). The minimum absolute atomic E-state index is 0.450. The first-order chi connectivity index (χ1) is 10.5. The molecule has 118 valence electrons. The Morgan fingerprint density at radius 1 is 1.32 bits per heavy atom. The van der Waals surface area contributed by atoms with Gasteiger partial charge in [-0.05, 0) is 12.8 Å². The molecule has 0 amide bonds. The first kappa shape index (κ1) is 15.8. The van der Waals surface area contributed by atoms with Crippen molar-refractivity contribution in [2.24, 2.45) is 0 Å². The number of halogens is 2. The van der Waals surface area contributed by atoms with Gasteiger partial charge in [-0.2, -0.15) is 9.37 Å². The van der Waals surface area contributed by atoms with E-state index in [9.17, 15) is 23.2 Å². The molecule has 2 N–H and O–H groups in total. The Morgan fingerprint density at radius 2 is 2.09 bits per heavy atom. The number of aromatic nitrogens is 4. The molecule has 1 atom stereocenters. The van der Waals surface area contributed by atoms with Crippen LogP contribution in [0.1, 0.15) is 19.1 Å². The molecule has 2 aromatic heterocycles. The van der Waals surface area contributed by atoms with E-state index in [4.69, 9.17) is 4.74 Å². The minimum Gasteiger partial charge on any atom is -0.358 e. The van der Waals surface area contributed by atoms with E-state index in [1.54, 1.807) is 0 Å². The summed E-state index contributed by atoms with van der Waals surface area (Å²) in [5.74, 6) is -1.51. The molecule has 0 aromatic carbocycles. The summed E-state index contributed by atoms with van der Waals surface area (Å²) in [4.78, 5) is 39.1. The molecule has 0 radical (unpaired) electrons. The Kier molecular flexibility index (Phi) is 4.94. The van der Waals surface area contributed by atoms with Crippen LogP contribution in [0.4, 0.5) is 8.78 Å². The Labute approximate surface area is 121 Å². The summed E-state index contributed by atoms with van der Waals surface area (Å²) in [6.07, 6.45) is 3.74. The number of nitrogens with zero attached hydrogens (tertiary/aromatic N) is 2. The summed E-state index contributed by atoms with van der Waals surface area (Å²) in [6.45, 7) is 0.553. The van der Waals surface area contributed by atoms with Crippen LogP contribution in [0.2, 0.25) is 0 Å². The van der Waals surface area contributed by atoms with Crippen LogP contribution < -0.4 is 16.9 Å². The maximum Gasteiger partial charge on any atom is 0.345 e. The lowest BCUT2D eigenvalue weighted by Crippen LogP contribution is -2.33. The summed E-state index contributed by atoms with van der Waals surface area (Å²) in [7, 11) is 0. The van der Waals surface area contributed by atoms with E-state index in [1.165, 1.54) is 0 Å². The van der Waals surface area contributed by atoms with Crippen molar-refractivity contribution in [2.45, 2.75) is 19.1 Å². The third-order valence-electron chi connectivity index (χ3n) is 2.78. The van der Waals surface area contributed by atoms with Crippen LogP contribution in [0.25, 0.3) is 0 Å². The summed E-state index contributed by atoms with van der Waals surface area (Å²) in [5.41, 5.74) is -2.17. The van der Waals surface area contributed by atoms with Crippen LogP contribution in [0.3, 0.4) is 0 Å². The predicted molar refractivity (Wildman–Crippen MR) is 70.3 cm³/mol. The Hall–Kier alpha value is -2.62. The number of hydrogen-bond acceptors (Lipinski definition) is 5. The van der Waals surface area contributed by atoms with Crippen molar-refractivity contribution >= 4 is 0 Å². The van der Waals surface area contributed by atoms with Gasteiger partial charge in [0.15, 0.2) is 5.82 Å². The minimum atomic E-state index is -0.996. The third-order valence-corrected chi connectivity index (χ3v) is 2.78. The van der Waals surface area contributed by atoms with Gasteiger partial charge >= 0.3 is 11.4 Å². The molecule has 1 aliphatic heterocycles. The van der Waals surface area contributed by atoms with E-state index in [0.29, 0.717) is 13.0 Å². The zero-order chi connectivity index (χ0) is 16.1. The largest absolute Gasteiger partial charge is 0.358 e. The van der Waals surface area contributed by atoms with E-state index < -0.39 is 34.8 Å². The summed E-state index contributed by atoms with van der Waals surface area (Å²) in [5, 5.41) is 0. The van der Waals surface area contributed by atoms with Crippen LogP contribution in [0.15, 0.2) is 33.0 Å². The van der Waals surface area contributed by atoms with Gasteiger partial charge in [0.2, 0.25) is 5.82 Å². The number of aromatic amines is 2. The maximum atomic E-state index is 12.9. The second-order valence-electron chi connectivity index (χ2n) is 4.35. The Balaban J connectivity index is 0.000000188. The molecule has 1 aliphatic rings. The van der Waals surface area contributed by atoms with Crippen molar-refractivity contribution in [2.75, 3.05) is 6.61 Å². The molecule has 1 unspecified atom stereocenters. The lowest BCUT2D eigenvalue weighted by molar-refractivity contribution is 0.0517. The zero-order valence-electron chi connectivity index (χ0n) is 11.2. The smallest absolute Gasteiger partial charge is 0.345 e. The monoisotopic (exact) mass is 314 g/mol. The highest BCUT2D eigenvalue weighted by Crippen LogP contribution is 2.20.